The van der Waals surface area contributed by atoms with Crippen LogP contribution >= 0.6 is 22.9 Å². The van der Waals surface area contributed by atoms with Gasteiger partial charge in [-0.3, -0.25) is 4.79 Å². The smallest absolute Gasteiger partial charge is 0.189 e. The lowest BCUT2D eigenvalue weighted by atomic mass is 10.1. The summed E-state index contributed by atoms with van der Waals surface area (Å²) in [4.78, 5) is 17.0. The Labute approximate surface area is 126 Å². The molecule has 1 aromatic heterocycles. The Kier molecular flexibility index (Phi) is 2.79. The first-order chi connectivity index (χ1) is 9.72. The monoisotopic (exact) mass is 301 g/mol. The summed E-state index contributed by atoms with van der Waals surface area (Å²) in [5, 5.41) is 3.92. The van der Waals surface area contributed by atoms with Gasteiger partial charge < -0.3 is 0 Å². The van der Waals surface area contributed by atoms with Crippen LogP contribution in [0.4, 0.5) is 0 Å². The number of halogens is 1. The van der Waals surface area contributed by atoms with Gasteiger partial charge in [-0.2, -0.15) is 0 Å². The molecule has 1 heterocycles. The van der Waals surface area contributed by atoms with Crippen LogP contribution < -0.4 is 0 Å². The van der Waals surface area contributed by atoms with E-state index in [-0.39, 0.29) is 5.78 Å². The summed E-state index contributed by atoms with van der Waals surface area (Å²) in [7, 11) is 0. The van der Waals surface area contributed by atoms with Crippen molar-refractivity contribution in [3.63, 3.8) is 0 Å². The van der Waals surface area contributed by atoms with Crippen LogP contribution in [-0.2, 0) is 6.42 Å². The van der Waals surface area contributed by atoms with Crippen molar-refractivity contribution in [1.82, 2.24) is 4.98 Å². The largest absolute Gasteiger partial charge is 0.289 e. The quantitative estimate of drug-likeness (QED) is 0.765. The van der Waals surface area contributed by atoms with Crippen molar-refractivity contribution in [2.45, 2.75) is 25.2 Å². The molecular weight excluding hydrogens is 290 g/mol. The fourth-order valence-electron chi connectivity index (χ4n) is 2.57. The van der Waals surface area contributed by atoms with Gasteiger partial charge >= 0.3 is 0 Å². The molecule has 0 amide bonds. The first kappa shape index (κ1) is 12.3. The maximum atomic E-state index is 12.4. The minimum absolute atomic E-state index is 0.0865. The maximum Gasteiger partial charge on any atom is 0.189 e. The van der Waals surface area contributed by atoms with E-state index in [0.717, 1.165) is 22.4 Å². The highest BCUT2D eigenvalue weighted by molar-refractivity contribution is 7.09. The molecule has 1 saturated carbocycles. The molecule has 4 rings (SSSR count). The number of rotatable bonds is 2. The summed E-state index contributed by atoms with van der Waals surface area (Å²) in [6.07, 6.45) is 5.04. The minimum Gasteiger partial charge on any atom is -0.289 e. The fourth-order valence-corrected chi connectivity index (χ4v) is 3.76. The van der Waals surface area contributed by atoms with Gasteiger partial charge in [-0.15, -0.1) is 11.3 Å². The molecule has 1 fully saturated rings. The number of carbonyl (C=O) groups is 1. The average Bonchev–Trinajstić information content (AvgIpc) is 3.11. The Bertz CT molecular complexity index is 743. The summed E-state index contributed by atoms with van der Waals surface area (Å²) >= 11 is 7.86. The summed E-state index contributed by atoms with van der Waals surface area (Å²) < 4.78 is 0. The van der Waals surface area contributed by atoms with Gasteiger partial charge in [0.15, 0.2) is 5.78 Å². The highest BCUT2D eigenvalue weighted by Gasteiger charge is 2.28. The Morgan fingerprint density at radius 2 is 2.20 bits per heavy atom. The van der Waals surface area contributed by atoms with E-state index in [0.29, 0.717) is 17.4 Å². The molecule has 20 heavy (non-hydrogen) atoms. The number of nitrogens with zero attached hydrogens (tertiary/aromatic N) is 1. The standard InChI is InChI=1S/C16H12ClNOS/c17-14-3-1-2-12-13(14)7-10(15(12)19)6-11-8-20-16(18-11)9-4-5-9/h1-3,6,8-9H,4-5,7H2. The third kappa shape index (κ3) is 2.02. The summed E-state index contributed by atoms with van der Waals surface area (Å²) in [6.45, 7) is 0. The van der Waals surface area contributed by atoms with Crippen LogP contribution in [-0.4, -0.2) is 10.8 Å². The third-order valence-corrected chi connectivity index (χ3v) is 5.19. The summed E-state index contributed by atoms with van der Waals surface area (Å²) in [5.74, 6) is 0.751. The van der Waals surface area contributed by atoms with Crippen LogP contribution in [0.15, 0.2) is 29.2 Å². The van der Waals surface area contributed by atoms with Gasteiger partial charge in [-0.25, -0.2) is 4.98 Å². The molecule has 2 aromatic rings. The zero-order chi connectivity index (χ0) is 13.7. The maximum absolute atomic E-state index is 12.4. The third-order valence-electron chi connectivity index (χ3n) is 3.81. The molecule has 4 heteroatoms. The number of thiazole rings is 1. The molecule has 0 saturated heterocycles. The molecule has 0 radical (unpaired) electrons. The zero-order valence-corrected chi connectivity index (χ0v) is 12.3. The number of Topliss-reactive ketones (excluding diaryl/α,β-unsaturated/α-hetero) is 1. The highest BCUT2D eigenvalue weighted by Crippen LogP contribution is 2.41. The normalized spacial score (nSPS) is 19.6. The van der Waals surface area contributed by atoms with Crippen LogP contribution in [0.5, 0.6) is 0 Å². The summed E-state index contributed by atoms with van der Waals surface area (Å²) in [5.41, 5.74) is 3.38. The van der Waals surface area contributed by atoms with Crippen LogP contribution in [0.25, 0.3) is 6.08 Å². The number of hydrogen-bond donors (Lipinski definition) is 0. The number of hydrogen-bond acceptors (Lipinski definition) is 3. The van der Waals surface area contributed by atoms with Crippen molar-refractivity contribution in [1.29, 1.82) is 0 Å². The van der Waals surface area contributed by atoms with Crippen molar-refractivity contribution < 1.29 is 4.79 Å². The number of carbonyl (C=O) groups excluding carboxylic acids is 1. The summed E-state index contributed by atoms with van der Waals surface area (Å²) in [6, 6.07) is 5.52. The highest BCUT2D eigenvalue weighted by atomic mass is 35.5. The van der Waals surface area contributed by atoms with Gasteiger partial charge in [0, 0.05) is 33.9 Å². The van der Waals surface area contributed by atoms with E-state index in [9.17, 15) is 4.79 Å². The Morgan fingerprint density at radius 3 is 2.95 bits per heavy atom. The predicted octanol–water partition coefficient (Wildman–Crippen LogP) is 4.50. The minimum atomic E-state index is 0.0865. The second-order valence-electron chi connectivity index (χ2n) is 5.33. The van der Waals surface area contributed by atoms with Gasteiger partial charge in [0.25, 0.3) is 0 Å². The van der Waals surface area contributed by atoms with Crippen LogP contribution in [0.1, 0.15) is 45.4 Å². The SMILES string of the molecule is O=C1C(=Cc2csc(C3CC3)n2)Cc2c(Cl)cccc21. The van der Waals surface area contributed by atoms with E-state index < -0.39 is 0 Å². The van der Waals surface area contributed by atoms with Crippen LogP contribution in [0, 0.1) is 0 Å². The average molecular weight is 302 g/mol. The Balaban J connectivity index is 1.68. The van der Waals surface area contributed by atoms with Crippen molar-refractivity contribution in [3.8, 4) is 0 Å². The molecule has 0 aliphatic heterocycles. The van der Waals surface area contributed by atoms with Gasteiger partial charge in [0.1, 0.15) is 0 Å². The van der Waals surface area contributed by atoms with Crippen molar-refractivity contribution in [2.75, 3.05) is 0 Å². The first-order valence-electron chi connectivity index (χ1n) is 6.70. The lowest BCUT2D eigenvalue weighted by Gasteiger charge is -1.97. The van der Waals surface area contributed by atoms with Gasteiger partial charge in [0.2, 0.25) is 0 Å². The molecule has 0 spiro atoms. The lowest BCUT2D eigenvalue weighted by Crippen LogP contribution is -1.95. The molecule has 0 atom stereocenters. The molecule has 0 bridgehead atoms. The number of allylic oxidation sites excluding steroid dienone is 1. The van der Waals surface area contributed by atoms with Gasteiger partial charge in [-0.05, 0) is 30.5 Å². The molecule has 2 aliphatic rings. The van der Waals surface area contributed by atoms with Crippen molar-refractivity contribution >= 4 is 34.8 Å². The topological polar surface area (TPSA) is 30.0 Å². The van der Waals surface area contributed by atoms with Crippen molar-refractivity contribution in [3.05, 3.63) is 56.0 Å². The van der Waals surface area contributed by atoms with E-state index in [2.05, 4.69) is 4.98 Å². The molecule has 2 aliphatic carbocycles. The van der Waals surface area contributed by atoms with Crippen LogP contribution in [0.3, 0.4) is 0 Å². The van der Waals surface area contributed by atoms with Gasteiger partial charge in [-0.1, -0.05) is 23.7 Å². The van der Waals surface area contributed by atoms with Crippen LogP contribution in [0.2, 0.25) is 5.02 Å². The zero-order valence-electron chi connectivity index (χ0n) is 10.7. The molecule has 2 nitrogen and oxygen atoms in total. The van der Waals surface area contributed by atoms with Crippen molar-refractivity contribution in [2.24, 2.45) is 0 Å². The Hall–Kier alpha value is -1.45. The van der Waals surface area contributed by atoms with E-state index >= 15 is 0 Å². The first-order valence-corrected chi connectivity index (χ1v) is 7.96. The predicted molar refractivity (Wildman–Crippen MR) is 81.6 cm³/mol. The fraction of sp³-hybridized carbons (Fsp3) is 0.250. The Morgan fingerprint density at radius 1 is 1.35 bits per heavy atom. The second kappa shape index (κ2) is 4.54. The lowest BCUT2D eigenvalue weighted by molar-refractivity contribution is 0.104. The molecular formula is C16H12ClNOS. The molecule has 0 unspecified atom stereocenters. The number of benzene rings is 1. The number of ketones is 1. The van der Waals surface area contributed by atoms with E-state index in [1.165, 1.54) is 17.8 Å². The number of fused-ring (bicyclic) bond motifs is 1. The molecule has 100 valence electrons. The number of aromatic nitrogens is 1. The molecule has 1 aromatic carbocycles. The molecule has 0 N–H and O–H groups in total. The van der Waals surface area contributed by atoms with E-state index in [1.54, 1.807) is 11.3 Å². The van der Waals surface area contributed by atoms with Gasteiger partial charge in [0.05, 0.1) is 10.7 Å². The second-order valence-corrected chi connectivity index (χ2v) is 6.62. The van der Waals surface area contributed by atoms with E-state index in [1.807, 2.05) is 29.7 Å². The van der Waals surface area contributed by atoms with E-state index in [4.69, 9.17) is 11.6 Å².